The molecule has 1 rings (SSSR count). The molecule has 1 N–H and O–H groups in total. The van der Waals surface area contributed by atoms with Crippen molar-refractivity contribution in [2.45, 2.75) is 38.5 Å². The molecule has 1 heterocycles. The Labute approximate surface area is 107 Å². The van der Waals surface area contributed by atoms with Crippen molar-refractivity contribution < 1.29 is 4.79 Å². The molecule has 2 nitrogen and oxygen atoms in total. The van der Waals surface area contributed by atoms with Crippen LogP contribution in [0.5, 0.6) is 0 Å². The van der Waals surface area contributed by atoms with Gasteiger partial charge in [0, 0.05) is 17.3 Å². The van der Waals surface area contributed by atoms with Gasteiger partial charge in [-0.05, 0) is 24.3 Å². The Morgan fingerprint density at radius 1 is 1.50 bits per heavy atom. The molecule has 1 amide bonds. The monoisotopic (exact) mass is 257 g/mol. The summed E-state index contributed by atoms with van der Waals surface area (Å²) in [6.07, 6.45) is 0.891. The van der Waals surface area contributed by atoms with Crippen LogP contribution >= 0.6 is 24.0 Å². The third kappa shape index (κ3) is 4.18. The molecule has 0 aromatic carbocycles. The van der Waals surface area contributed by atoms with Crippen LogP contribution in [0.3, 0.4) is 0 Å². The number of nitrogens with one attached hydrogen (secondary N) is 1. The lowest BCUT2D eigenvalue weighted by molar-refractivity contribution is -0.121. The van der Waals surface area contributed by atoms with Gasteiger partial charge in [0.2, 0.25) is 5.91 Å². The summed E-state index contributed by atoms with van der Waals surface area (Å²) in [5, 5.41) is 4.83. The molecule has 0 saturated heterocycles. The molecule has 0 bridgehead atoms. The molecule has 0 fully saturated rings. The van der Waals surface area contributed by atoms with Gasteiger partial charge >= 0.3 is 0 Å². The molecule has 2 atom stereocenters. The molecule has 90 valence electrons. The summed E-state index contributed by atoms with van der Waals surface area (Å²) < 4.78 is 0. The molecule has 4 heteroatoms. The first-order chi connectivity index (χ1) is 7.50. The maximum atomic E-state index is 11.7. The molecule has 0 spiro atoms. The second-order valence-corrected chi connectivity index (χ2v) is 5.97. The second-order valence-electron chi connectivity index (χ2n) is 4.38. The summed E-state index contributed by atoms with van der Waals surface area (Å²) in [6.45, 7) is 6.03. The fraction of sp³-hybridized carbons (Fsp3) is 0.583. The quantitative estimate of drug-likeness (QED) is 0.780. The molecule has 0 aliphatic heterocycles. The van der Waals surface area contributed by atoms with Crippen LogP contribution in [0.4, 0.5) is 0 Å². The zero-order chi connectivity index (χ0) is 12.1. The van der Waals surface area contributed by atoms with Gasteiger partial charge in [0.15, 0.2) is 0 Å². The molecular formula is C12H19NOS2. The van der Waals surface area contributed by atoms with Crippen LogP contribution in [0.1, 0.15) is 25.6 Å². The first-order valence-electron chi connectivity index (χ1n) is 5.51. The highest BCUT2D eigenvalue weighted by Gasteiger charge is 2.19. The zero-order valence-electron chi connectivity index (χ0n) is 9.93. The van der Waals surface area contributed by atoms with Crippen LogP contribution < -0.4 is 5.32 Å². The molecule has 0 aliphatic rings. The van der Waals surface area contributed by atoms with Gasteiger partial charge in [0.1, 0.15) is 0 Å². The Hall–Kier alpha value is -0.480. The standard InChI is InChI=1S/C12H19NOS2/c1-8(2)11(15)12(14)13-9(3)7-10-5-4-6-16-10/h4-6,8-9,11,15H,7H2,1-3H3,(H,13,14). The molecule has 1 aromatic rings. The van der Waals surface area contributed by atoms with E-state index < -0.39 is 0 Å². The molecule has 1 aromatic heterocycles. The van der Waals surface area contributed by atoms with Crippen LogP contribution in [0, 0.1) is 5.92 Å². The first-order valence-corrected chi connectivity index (χ1v) is 6.91. The predicted molar refractivity (Wildman–Crippen MR) is 73.2 cm³/mol. The summed E-state index contributed by atoms with van der Waals surface area (Å²) in [5.74, 6) is 0.291. The van der Waals surface area contributed by atoms with Crippen molar-refractivity contribution in [3.05, 3.63) is 22.4 Å². The lowest BCUT2D eigenvalue weighted by Crippen LogP contribution is -2.40. The highest BCUT2D eigenvalue weighted by atomic mass is 32.1. The number of amides is 1. The maximum absolute atomic E-state index is 11.7. The van der Waals surface area contributed by atoms with Gasteiger partial charge in [-0.1, -0.05) is 19.9 Å². The molecule has 0 radical (unpaired) electrons. The SMILES string of the molecule is CC(Cc1cccs1)NC(=O)C(S)C(C)C. The molecule has 2 unspecified atom stereocenters. The lowest BCUT2D eigenvalue weighted by Gasteiger charge is -2.18. The second kappa shape index (κ2) is 6.30. The molecule has 16 heavy (non-hydrogen) atoms. The van der Waals surface area contributed by atoms with Gasteiger partial charge in [-0.25, -0.2) is 0 Å². The molecule has 0 aliphatic carbocycles. The minimum absolute atomic E-state index is 0.0300. The van der Waals surface area contributed by atoms with Gasteiger partial charge in [-0.15, -0.1) is 11.3 Å². The average molecular weight is 257 g/mol. The van der Waals surface area contributed by atoms with Gasteiger partial charge < -0.3 is 5.32 Å². The van der Waals surface area contributed by atoms with Crippen molar-refractivity contribution in [1.82, 2.24) is 5.32 Å². The smallest absolute Gasteiger partial charge is 0.233 e. The van der Waals surface area contributed by atoms with E-state index in [0.717, 1.165) is 6.42 Å². The van der Waals surface area contributed by atoms with Crippen molar-refractivity contribution in [3.8, 4) is 0 Å². The van der Waals surface area contributed by atoms with Crippen molar-refractivity contribution >= 4 is 29.9 Å². The lowest BCUT2D eigenvalue weighted by atomic mass is 10.1. The summed E-state index contributed by atoms with van der Waals surface area (Å²) in [6, 6.07) is 4.29. The van der Waals surface area contributed by atoms with Gasteiger partial charge in [0.05, 0.1) is 5.25 Å². The number of thiol groups is 1. The first kappa shape index (κ1) is 13.6. The summed E-state index contributed by atoms with van der Waals surface area (Å²) >= 11 is 6.02. The van der Waals surface area contributed by atoms with Crippen molar-refractivity contribution in [2.24, 2.45) is 5.92 Å². The Bertz CT molecular complexity index is 322. The zero-order valence-corrected chi connectivity index (χ0v) is 11.6. The fourth-order valence-electron chi connectivity index (χ4n) is 1.41. The number of carbonyl (C=O) groups excluding carboxylic acids is 1. The van der Waals surface area contributed by atoms with Crippen LogP contribution in [0.25, 0.3) is 0 Å². The van der Waals surface area contributed by atoms with Crippen LogP contribution in [0.15, 0.2) is 17.5 Å². The fourth-order valence-corrected chi connectivity index (χ4v) is 2.32. The third-order valence-corrected chi connectivity index (χ3v) is 4.11. The number of thiophene rings is 1. The Morgan fingerprint density at radius 3 is 2.69 bits per heavy atom. The van der Waals surface area contributed by atoms with Crippen molar-refractivity contribution in [1.29, 1.82) is 0 Å². The maximum Gasteiger partial charge on any atom is 0.233 e. The third-order valence-electron chi connectivity index (χ3n) is 2.38. The average Bonchev–Trinajstić information content (AvgIpc) is 2.68. The van der Waals surface area contributed by atoms with Crippen LogP contribution in [-0.4, -0.2) is 17.2 Å². The summed E-state index contributed by atoms with van der Waals surface area (Å²) in [4.78, 5) is 13.0. The van der Waals surface area contributed by atoms with E-state index >= 15 is 0 Å². The van der Waals surface area contributed by atoms with E-state index in [9.17, 15) is 4.79 Å². The van der Waals surface area contributed by atoms with Crippen molar-refractivity contribution in [2.75, 3.05) is 0 Å². The van der Waals surface area contributed by atoms with E-state index in [0.29, 0.717) is 0 Å². The summed E-state index contributed by atoms with van der Waals surface area (Å²) in [5.41, 5.74) is 0. The number of rotatable bonds is 5. The van der Waals surface area contributed by atoms with Gasteiger partial charge in [0.25, 0.3) is 0 Å². The molecular weight excluding hydrogens is 238 g/mol. The highest BCUT2D eigenvalue weighted by molar-refractivity contribution is 7.81. The van der Waals surface area contributed by atoms with Crippen LogP contribution in [-0.2, 0) is 11.2 Å². The normalized spacial score (nSPS) is 14.8. The molecule has 0 saturated carbocycles. The van der Waals surface area contributed by atoms with E-state index in [4.69, 9.17) is 0 Å². The Kier molecular flexibility index (Phi) is 5.35. The minimum atomic E-state index is -0.217. The number of carbonyl (C=O) groups is 1. The van der Waals surface area contributed by atoms with Gasteiger partial charge in [-0.3, -0.25) is 4.79 Å². The number of hydrogen-bond acceptors (Lipinski definition) is 3. The van der Waals surface area contributed by atoms with Crippen LogP contribution in [0.2, 0.25) is 0 Å². The highest BCUT2D eigenvalue weighted by Crippen LogP contribution is 2.12. The van der Waals surface area contributed by atoms with Gasteiger partial charge in [-0.2, -0.15) is 12.6 Å². The van der Waals surface area contributed by atoms with Crippen molar-refractivity contribution in [3.63, 3.8) is 0 Å². The Morgan fingerprint density at radius 2 is 2.19 bits per heavy atom. The Balaban J connectivity index is 2.39. The van der Waals surface area contributed by atoms with E-state index in [2.05, 4.69) is 29.4 Å². The summed E-state index contributed by atoms with van der Waals surface area (Å²) in [7, 11) is 0. The van der Waals surface area contributed by atoms with E-state index in [-0.39, 0.29) is 23.1 Å². The minimum Gasteiger partial charge on any atom is -0.352 e. The predicted octanol–water partition coefficient (Wildman–Crippen LogP) is 2.75. The van der Waals surface area contributed by atoms with E-state index in [1.807, 2.05) is 26.8 Å². The largest absolute Gasteiger partial charge is 0.352 e. The number of hydrogen-bond donors (Lipinski definition) is 2. The van der Waals surface area contributed by atoms with E-state index in [1.54, 1.807) is 11.3 Å². The van der Waals surface area contributed by atoms with E-state index in [1.165, 1.54) is 4.88 Å². The topological polar surface area (TPSA) is 29.1 Å².